The molecule has 4 N–H and O–H groups in total. The van der Waals surface area contributed by atoms with E-state index in [1.54, 1.807) is 0 Å². The molecule has 6 nitrogen and oxygen atoms in total. The van der Waals surface area contributed by atoms with Crippen LogP contribution in [0.5, 0.6) is 0 Å². The Morgan fingerprint density at radius 2 is 2.21 bits per heavy atom. The summed E-state index contributed by atoms with van der Waals surface area (Å²) in [6.07, 6.45) is 0.748. The number of rotatable bonds is 3. The van der Waals surface area contributed by atoms with Crippen LogP contribution < -0.4 is 15.8 Å². The molecule has 0 radical (unpaired) electrons. The smallest absolute Gasteiger partial charge is 0.238 e. The first-order valence-electron chi connectivity index (χ1n) is 5.72. The molecule has 1 heterocycles. The van der Waals surface area contributed by atoms with Crippen molar-refractivity contribution in [3.05, 3.63) is 23.2 Å². The van der Waals surface area contributed by atoms with Crippen molar-refractivity contribution in [2.45, 2.75) is 11.3 Å². The summed E-state index contributed by atoms with van der Waals surface area (Å²) in [5.74, 6) is -0.312. The quantitative estimate of drug-likeness (QED) is 0.758. The van der Waals surface area contributed by atoms with Crippen LogP contribution in [0.1, 0.15) is 6.42 Å². The van der Waals surface area contributed by atoms with Gasteiger partial charge in [0, 0.05) is 6.54 Å². The van der Waals surface area contributed by atoms with Crippen LogP contribution in [0.15, 0.2) is 23.1 Å². The molecule has 1 aliphatic rings. The van der Waals surface area contributed by atoms with Crippen molar-refractivity contribution < 1.29 is 13.2 Å². The third-order valence-electron chi connectivity index (χ3n) is 2.96. The predicted molar refractivity (Wildman–Crippen MR) is 72.4 cm³/mol. The fourth-order valence-electron chi connectivity index (χ4n) is 1.89. The summed E-state index contributed by atoms with van der Waals surface area (Å²) in [5.41, 5.74) is 0.255. The molecule has 0 saturated carbocycles. The lowest BCUT2D eigenvalue weighted by atomic mass is 10.1. The average Bonchev–Trinajstić information content (AvgIpc) is 2.84. The molecule has 19 heavy (non-hydrogen) atoms. The largest absolute Gasteiger partial charge is 0.324 e. The summed E-state index contributed by atoms with van der Waals surface area (Å²) in [7, 11) is -3.82. The van der Waals surface area contributed by atoms with Gasteiger partial charge in [-0.25, -0.2) is 13.6 Å². The van der Waals surface area contributed by atoms with E-state index in [0.29, 0.717) is 6.54 Å². The molecular weight excluding hydrogens is 290 g/mol. The molecule has 1 unspecified atom stereocenters. The van der Waals surface area contributed by atoms with Crippen LogP contribution >= 0.6 is 11.6 Å². The Hall–Kier alpha value is -1.15. The van der Waals surface area contributed by atoms with E-state index in [1.165, 1.54) is 18.2 Å². The monoisotopic (exact) mass is 303 g/mol. The van der Waals surface area contributed by atoms with Crippen molar-refractivity contribution in [3.63, 3.8) is 0 Å². The second kappa shape index (κ2) is 5.46. The summed E-state index contributed by atoms with van der Waals surface area (Å²) >= 11 is 5.93. The number of carbonyl (C=O) groups excluding carboxylic acids is 1. The van der Waals surface area contributed by atoms with E-state index in [2.05, 4.69) is 10.6 Å². The van der Waals surface area contributed by atoms with Gasteiger partial charge >= 0.3 is 0 Å². The molecule has 8 heteroatoms. The first-order chi connectivity index (χ1) is 8.88. The van der Waals surface area contributed by atoms with Crippen molar-refractivity contribution in [1.29, 1.82) is 0 Å². The summed E-state index contributed by atoms with van der Waals surface area (Å²) in [5, 5.41) is 11.0. The first-order valence-corrected chi connectivity index (χ1v) is 7.64. The van der Waals surface area contributed by atoms with Gasteiger partial charge in [0.2, 0.25) is 15.9 Å². The van der Waals surface area contributed by atoms with Crippen molar-refractivity contribution in [1.82, 2.24) is 5.32 Å². The molecule has 2 rings (SSSR count). The number of hydrogen-bond acceptors (Lipinski definition) is 4. The molecule has 1 atom stereocenters. The van der Waals surface area contributed by atoms with Gasteiger partial charge in [-0.05, 0) is 31.2 Å². The third kappa shape index (κ3) is 3.44. The number of benzene rings is 1. The number of amides is 1. The van der Waals surface area contributed by atoms with E-state index >= 15 is 0 Å². The summed E-state index contributed by atoms with van der Waals surface area (Å²) in [6.45, 7) is 1.40. The number of nitrogens with one attached hydrogen (secondary N) is 2. The maximum atomic E-state index is 11.9. The minimum atomic E-state index is -3.82. The van der Waals surface area contributed by atoms with Crippen LogP contribution in [-0.4, -0.2) is 27.4 Å². The van der Waals surface area contributed by atoms with Crippen LogP contribution in [0.2, 0.25) is 5.02 Å². The van der Waals surface area contributed by atoms with Gasteiger partial charge in [0.05, 0.1) is 21.5 Å². The number of primary sulfonamides is 1. The van der Waals surface area contributed by atoms with Gasteiger partial charge in [-0.3, -0.25) is 4.79 Å². The van der Waals surface area contributed by atoms with Crippen molar-refractivity contribution in [2.75, 3.05) is 18.4 Å². The minimum absolute atomic E-state index is 0.0863. The normalized spacial score (nSPS) is 19.4. The highest BCUT2D eigenvalue weighted by molar-refractivity contribution is 7.89. The topological polar surface area (TPSA) is 101 Å². The Morgan fingerprint density at radius 3 is 2.79 bits per heavy atom. The van der Waals surface area contributed by atoms with Crippen LogP contribution in [0.3, 0.4) is 0 Å². The van der Waals surface area contributed by atoms with Crippen LogP contribution in [0.4, 0.5) is 5.69 Å². The van der Waals surface area contributed by atoms with Crippen molar-refractivity contribution >= 4 is 33.2 Å². The second-order valence-corrected chi connectivity index (χ2v) is 6.33. The SMILES string of the molecule is NS(=O)(=O)c1ccc(Cl)c(NC(=O)C2CCNC2)c1. The van der Waals surface area contributed by atoms with E-state index in [1.807, 2.05) is 0 Å². The molecule has 0 aromatic heterocycles. The summed E-state index contributed by atoms with van der Waals surface area (Å²) in [4.78, 5) is 11.9. The number of nitrogens with two attached hydrogens (primary N) is 1. The number of anilines is 1. The van der Waals surface area contributed by atoms with Crippen LogP contribution in [0, 0.1) is 5.92 Å². The Balaban J connectivity index is 2.22. The van der Waals surface area contributed by atoms with E-state index in [9.17, 15) is 13.2 Å². The third-order valence-corrected chi connectivity index (χ3v) is 4.20. The molecule has 0 aliphatic carbocycles. The molecule has 104 valence electrons. The maximum Gasteiger partial charge on any atom is 0.238 e. The number of carbonyl (C=O) groups is 1. The molecule has 1 amide bonds. The zero-order chi connectivity index (χ0) is 14.0. The van der Waals surface area contributed by atoms with Crippen LogP contribution in [-0.2, 0) is 14.8 Å². The van der Waals surface area contributed by atoms with Crippen molar-refractivity contribution in [2.24, 2.45) is 11.1 Å². The average molecular weight is 304 g/mol. The lowest BCUT2D eigenvalue weighted by Crippen LogP contribution is -2.25. The van der Waals surface area contributed by atoms with E-state index in [-0.39, 0.29) is 27.4 Å². The van der Waals surface area contributed by atoms with E-state index < -0.39 is 10.0 Å². The van der Waals surface area contributed by atoms with Gasteiger partial charge in [0.25, 0.3) is 0 Å². The summed E-state index contributed by atoms with van der Waals surface area (Å²) in [6, 6.07) is 3.95. The minimum Gasteiger partial charge on any atom is -0.324 e. The maximum absolute atomic E-state index is 11.9. The highest BCUT2D eigenvalue weighted by Crippen LogP contribution is 2.25. The summed E-state index contributed by atoms with van der Waals surface area (Å²) < 4.78 is 22.5. The molecule has 0 bridgehead atoms. The Morgan fingerprint density at radius 1 is 1.47 bits per heavy atom. The number of halogens is 1. The highest BCUT2D eigenvalue weighted by atomic mass is 35.5. The predicted octanol–water partition coefficient (Wildman–Crippen LogP) is 0.535. The Bertz CT molecular complexity index is 597. The molecule has 1 aromatic carbocycles. The first kappa shape index (κ1) is 14.3. The zero-order valence-corrected chi connectivity index (χ0v) is 11.6. The van der Waals surface area contributed by atoms with Gasteiger partial charge in [0.1, 0.15) is 0 Å². The van der Waals surface area contributed by atoms with Gasteiger partial charge in [-0.15, -0.1) is 0 Å². The van der Waals surface area contributed by atoms with Crippen LogP contribution in [0.25, 0.3) is 0 Å². The highest BCUT2D eigenvalue weighted by Gasteiger charge is 2.23. The van der Waals surface area contributed by atoms with Gasteiger partial charge in [-0.2, -0.15) is 0 Å². The van der Waals surface area contributed by atoms with E-state index in [0.717, 1.165) is 13.0 Å². The molecule has 1 aromatic rings. The fraction of sp³-hybridized carbons (Fsp3) is 0.364. The number of hydrogen-bond donors (Lipinski definition) is 3. The molecule has 1 saturated heterocycles. The zero-order valence-electron chi connectivity index (χ0n) is 10.0. The Kier molecular flexibility index (Phi) is 4.10. The molecular formula is C11H14ClN3O3S. The van der Waals surface area contributed by atoms with Crippen molar-refractivity contribution in [3.8, 4) is 0 Å². The van der Waals surface area contributed by atoms with Gasteiger partial charge in [0.15, 0.2) is 0 Å². The Labute approximate surface area is 116 Å². The lowest BCUT2D eigenvalue weighted by Gasteiger charge is -2.12. The second-order valence-electron chi connectivity index (χ2n) is 4.37. The van der Waals surface area contributed by atoms with Gasteiger partial charge in [-0.1, -0.05) is 11.6 Å². The van der Waals surface area contributed by atoms with E-state index in [4.69, 9.17) is 16.7 Å². The number of sulfonamides is 1. The lowest BCUT2D eigenvalue weighted by molar-refractivity contribution is -0.119. The molecule has 1 aliphatic heterocycles. The fourth-order valence-corrected chi connectivity index (χ4v) is 2.60. The molecule has 1 fully saturated rings. The van der Waals surface area contributed by atoms with Gasteiger partial charge < -0.3 is 10.6 Å². The standard InChI is InChI=1S/C11H14ClN3O3S/c12-9-2-1-8(19(13,17)18)5-10(9)15-11(16)7-3-4-14-6-7/h1-2,5,7,14H,3-4,6H2,(H,15,16)(H2,13,17,18). The molecule has 0 spiro atoms.